The highest BCUT2D eigenvalue weighted by Gasteiger charge is 2.08. The largest absolute Gasteiger partial charge is 0.494 e. The number of aromatic nitrogens is 2. The van der Waals surface area contributed by atoms with E-state index in [0.29, 0.717) is 6.61 Å². The first-order valence-electron chi connectivity index (χ1n) is 9.47. The number of nitrogens with zero attached hydrogens (tertiary/aromatic N) is 1. The SMILES string of the molecule is Nc1ccccc1-c1cc(-c2ccc(OCCCc3ccccc3)cc2)n[nH]1. The summed E-state index contributed by atoms with van der Waals surface area (Å²) < 4.78 is 5.86. The Morgan fingerprint density at radius 2 is 1.61 bits per heavy atom. The molecule has 0 aliphatic carbocycles. The molecule has 0 saturated heterocycles. The van der Waals surface area contributed by atoms with Gasteiger partial charge < -0.3 is 10.5 Å². The minimum Gasteiger partial charge on any atom is -0.494 e. The topological polar surface area (TPSA) is 63.9 Å². The second kappa shape index (κ2) is 8.44. The number of nitrogen functional groups attached to an aromatic ring is 1. The van der Waals surface area contributed by atoms with Crippen molar-refractivity contribution in [2.45, 2.75) is 12.8 Å². The number of aromatic amines is 1. The summed E-state index contributed by atoms with van der Waals surface area (Å²) in [5.41, 5.74) is 11.9. The predicted molar refractivity (Wildman–Crippen MR) is 114 cm³/mol. The van der Waals surface area contributed by atoms with Crippen LogP contribution in [0.5, 0.6) is 5.75 Å². The third kappa shape index (κ3) is 4.23. The van der Waals surface area contributed by atoms with Crippen LogP contribution in [0.25, 0.3) is 22.5 Å². The fourth-order valence-electron chi connectivity index (χ4n) is 3.18. The molecule has 3 N–H and O–H groups in total. The highest BCUT2D eigenvalue weighted by Crippen LogP contribution is 2.28. The summed E-state index contributed by atoms with van der Waals surface area (Å²) in [6, 6.07) is 28.3. The number of aryl methyl sites for hydroxylation is 1. The van der Waals surface area contributed by atoms with Crippen LogP contribution in [0.15, 0.2) is 84.9 Å². The van der Waals surface area contributed by atoms with Gasteiger partial charge in [-0.1, -0.05) is 48.5 Å². The molecular formula is C24H23N3O. The summed E-state index contributed by atoms with van der Waals surface area (Å²) >= 11 is 0. The van der Waals surface area contributed by atoms with Crippen LogP contribution < -0.4 is 10.5 Å². The summed E-state index contributed by atoms with van der Waals surface area (Å²) in [5.74, 6) is 0.875. The average Bonchev–Trinajstić information content (AvgIpc) is 3.23. The third-order valence-electron chi connectivity index (χ3n) is 4.70. The highest BCUT2D eigenvalue weighted by molar-refractivity contribution is 5.76. The van der Waals surface area contributed by atoms with E-state index in [1.165, 1.54) is 5.56 Å². The van der Waals surface area contributed by atoms with Gasteiger partial charge in [0.05, 0.1) is 18.0 Å². The number of rotatable bonds is 7. The molecule has 0 atom stereocenters. The van der Waals surface area contributed by atoms with Gasteiger partial charge in [0, 0.05) is 16.8 Å². The normalized spacial score (nSPS) is 10.7. The Balaban J connectivity index is 1.35. The van der Waals surface area contributed by atoms with E-state index in [1.807, 2.05) is 60.7 Å². The summed E-state index contributed by atoms with van der Waals surface area (Å²) in [6.45, 7) is 0.702. The molecule has 0 unspecified atom stereocenters. The summed E-state index contributed by atoms with van der Waals surface area (Å²) in [4.78, 5) is 0. The molecule has 0 amide bonds. The van der Waals surface area contributed by atoms with Crippen LogP contribution >= 0.6 is 0 Å². The van der Waals surface area contributed by atoms with Crippen molar-refractivity contribution in [1.29, 1.82) is 0 Å². The fraction of sp³-hybridized carbons (Fsp3) is 0.125. The van der Waals surface area contributed by atoms with Crippen LogP contribution in [-0.4, -0.2) is 16.8 Å². The molecule has 0 bridgehead atoms. The maximum Gasteiger partial charge on any atom is 0.119 e. The molecular weight excluding hydrogens is 346 g/mol. The quantitative estimate of drug-likeness (QED) is 0.341. The summed E-state index contributed by atoms with van der Waals surface area (Å²) in [5, 5.41) is 7.49. The van der Waals surface area contributed by atoms with Crippen LogP contribution in [0, 0.1) is 0 Å². The molecule has 3 aromatic carbocycles. The van der Waals surface area contributed by atoms with Crippen molar-refractivity contribution in [3.05, 3.63) is 90.5 Å². The van der Waals surface area contributed by atoms with Crippen molar-refractivity contribution in [2.24, 2.45) is 0 Å². The number of para-hydroxylation sites is 1. The molecule has 1 heterocycles. The minimum atomic E-state index is 0.702. The molecule has 0 fully saturated rings. The van der Waals surface area contributed by atoms with E-state index in [1.54, 1.807) is 0 Å². The molecule has 4 aromatic rings. The van der Waals surface area contributed by atoms with E-state index < -0.39 is 0 Å². The van der Waals surface area contributed by atoms with Crippen molar-refractivity contribution in [1.82, 2.24) is 10.2 Å². The van der Waals surface area contributed by atoms with Crippen LogP contribution in [0.3, 0.4) is 0 Å². The molecule has 4 nitrogen and oxygen atoms in total. The molecule has 28 heavy (non-hydrogen) atoms. The van der Waals surface area contributed by atoms with Crippen molar-refractivity contribution >= 4 is 5.69 Å². The average molecular weight is 369 g/mol. The van der Waals surface area contributed by atoms with Gasteiger partial charge in [0.2, 0.25) is 0 Å². The monoisotopic (exact) mass is 369 g/mol. The maximum absolute atomic E-state index is 6.05. The lowest BCUT2D eigenvalue weighted by atomic mass is 10.1. The first kappa shape index (κ1) is 17.9. The first-order valence-corrected chi connectivity index (χ1v) is 9.47. The Kier molecular flexibility index (Phi) is 5.38. The lowest BCUT2D eigenvalue weighted by Crippen LogP contribution is -1.99. The lowest BCUT2D eigenvalue weighted by molar-refractivity contribution is 0.311. The molecule has 0 saturated carbocycles. The molecule has 0 radical (unpaired) electrons. The van der Waals surface area contributed by atoms with Crippen molar-refractivity contribution in [3.8, 4) is 28.3 Å². The second-order valence-corrected chi connectivity index (χ2v) is 6.72. The van der Waals surface area contributed by atoms with Crippen LogP contribution in [-0.2, 0) is 6.42 Å². The number of nitrogens with one attached hydrogen (secondary N) is 1. The first-order chi connectivity index (χ1) is 13.8. The maximum atomic E-state index is 6.05. The number of anilines is 1. The van der Waals surface area contributed by atoms with Crippen molar-refractivity contribution in [2.75, 3.05) is 12.3 Å². The van der Waals surface area contributed by atoms with Crippen molar-refractivity contribution in [3.63, 3.8) is 0 Å². The molecule has 0 aliphatic heterocycles. The van der Waals surface area contributed by atoms with E-state index in [9.17, 15) is 0 Å². The number of H-pyrrole nitrogens is 1. The van der Waals surface area contributed by atoms with Crippen LogP contribution in [0.4, 0.5) is 5.69 Å². The Labute approximate surface area is 165 Å². The van der Waals surface area contributed by atoms with Gasteiger partial charge >= 0.3 is 0 Å². The molecule has 0 spiro atoms. The van der Waals surface area contributed by atoms with E-state index >= 15 is 0 Å². The zero-order valence-electron chi connectivity index (χ0n) is 15.6. The second-order valence-electron chi connectivity index (χ2n) is 6.72. The molecule has 4 rings (SSSR count). The Bertz CT molecular complexity index is 1020. The molecule has 1 aromatic heterocycles. The van der Waals surface area contributed by atoms with Gasteiger partial charge in [-0.3, -0.25) is 5.10 Å². The molecule has 4 heteroatoms. The number of nitrogens with two attached hydrogens (primary N) is 1. The van der Waals surface area contributed by atoms with E-state index in [-0.39, 0.29) is 0 Å². The fourth-order valence-corrected chi connectivity index (χ4v) is 3.18. The van der Waals surface area contributed by atoms with Gasteiger partial charge in [-0.05, 0) is 54.8 Å². The zero-order valence-corrected chi connectivity index (χ0v) is 15.6. The van der Waals surface area contributed by atoms with Gasteiger partial charge in [0.25, 0.3) is 0 Å². The Morgan fingerprint density at radius 1 is 0.857 bits per heavy atom. The standard InChI is InChI=1S/C24H23N3O/c25-22-11-5-4-10-21(22)24-17-23(26-27-24)19-12-14-20(15-13-19)28-16-6-9-18-7-2-1-3-8-18/h1-5,7-8,10-15,17H,6,9,16,25H2,(H,26,27). The Hall–Kier alpha value is -3.53. The zero-order chi connectivity index (χ0) is 19.2. The molecule has 140 valence electrons. The minimum absolute atomic E-state index is 0.702. The number of hydrogen-bond donors (Lipinski definition) is 2. The smallest absolute Gasteiger partial charge is 0.119 e. The molecule has 0 aliphatic rings. The predicted octanol–water partition coefficient (Wildman–Crippen LogP) is 5.34. The van der Waals surface area contributed by atoms with E-state index in [2.05, 4.69) is 34.5 Å². The highest BCUT2D eigenvalue weighted by atomic mass is 16.5. The van der Waals surface area contributed by atoms with Gasteiger partial charge in [-0.25, -0.2) is 0 Å². The third-order valence-corrected chi connectivity index (χ3v) is 4.70. The summed E-state index contributed by atoms with van der Waals surface area (Å²) in [7, 11) is 0. The van der Waals surface area contributed by atoms with Crippen LogP contribution in [0.2, 0.25) is 0 Å². The van der Waals surface area contributed by atoms with E-state index in [4.69, 9.17) is 10.5 Å². The summed E-state index contributed by atoms with van der Waals surface area (Å²) in [6.07, 6.45) is 2.02. The Morgan fingerprint density at radius 3 is 2.39 bits per heavy atom. The van der Waals surface area contributed by atoms with Crippen molar-refractivity contribution < 1.29 is 4.74 Å². The number of hydrogen-bond acceptors (Lipinski definition) is 3. The van der Waals surface area contributed by atoms with Gasteiger partial charge in [-0.15, -0.1) is 0 Å². The number of benzene rings is 3. The lowest BCUT2D eigenvalue weighted by Gasteiger charge is -2.07. The van der Waals surface area contributed by atoms with Crippen LogP contribution in [0.1, 0.15) is 12.0 Å². The van der Waals surface area contributed by atoms with Gasteiger partial charge in [-0.2, -0.15) is 5.10 Å². The van der Waals surface area contributed by atoms with E-state index in [0.717, 1.165) is 46.8 Å². The number of ether oxygens (including phenoxy) is 1. The van der Waals surface area contributed by atoms with Gasteiger partial charge in [0.15, 0.2) is 0 Å². The van der Waals surface area contributed by atoms with Gasteiger partial charge in [0.1, 0.15) is 5.75 Å².